The Morgan fingerprint density at radius 3 is 2.35 bits per heavy atom. The molecule has 0 aliphatic rings. The Kier molecular flexibility index (Phi) is 6.96. The van der Waals surface area contributed by atoms with Gasteiger partial charge in [0.2, 0.25) is 0 Å². The standard InChI is InChI=1S/C22H21BrN4O4/c1-13(2)27-22(31)17-6-4-3-5-16(17)20(26-27)21(30)25-24-18(11-12-19(28)29)14-7-9-15(23)10-8-14/h3-10,13H,11-12H2,1-2H3,(H,25,30)(H,28,29)/b24-18+. The van der Waals surface area contributed by atoms with Gasteiger partial charge in [0, 0.05) is 16.3 Å². The molecule has 0 aliphatic heterocycles. The first-order chi connectivity index (χ1) is 14.8. The van der Waals surface area contributed by atoms with Crippen LogP contribution in [0.5, 0.6) is 0 Å². The summed E-state index contributed by atoms with van der Waals surface area (Å²) in [5.41, 5.74) is 3.39. The van der Waals surface area contributed by atoms with E-state index in [0.717, 1.165) is 4.47 Å². The number of halogens is 1. The largest absolute Gasteiger partial charge is 0.481 e. The van der Waals surface area contributed by atoms with E-state index in [1.165, 1.54) is 4.68 Å². The van der Waals surface area contributed by atoms with Crippen molar-refractivity contribution in [2.75, 3.05) is 0 Å². The van der Waals surface area contributed by atoms with Crippen molar-refractivity contribution >= 4 is 44.3 Å². The lowest BCUT2D eigenvalue weighted by atomic mass is 10.1. The van der Waals surface area contributed by atoms with Gasteiger partial charge < -0.3 is 5.11 Å². The molecule has 1 heterocycles. The van der Waals surface area contributed by atoms with Crippen molar-refractivity contribution in [2.45, 2.75) is 32.7 Å². The monoisotopic (exact) mass is 484 g/mol. The summed E-state index contributed by atoms with van der Waals surface area (Å²) in [6.07, 6.45) is 0.00108. The topological polar surface area (TPSA) is 114 Å². The van der Waals surface area contributed by atoms with Crippen molar-refractivity contribution < 1.29 is 14.7 Å². The Hall–Kier alpha value is -3.33. The molecule has 0 unspecified atom stereocenters. The van der Waals surface area contributed by atoms with Crippen LogP contribution >= 0.6 is 15.9 Å². The Balaban J connectivity index is 2.00. The molecule has 0 saturated carbocycles. The van der Waals surface area contributed by atoms with Gasteiger partial charge in [-0.25, -0.2) is 10.1 Å². The lowest BCUT2D eigenvalue weighted by molar-refractivity contribution is -0.136. The van der Waals surface area contributed by atoms with E-state index in [0.29, 0.717) is 22.0 Å². The molecule has 31 heavy (non-hydrogen) atoms. The Morgan fingerprint density at radius 1 is 1.10 bits per heavy atom. The summed E-state index contributed by atoms with van der Waals surface area (Å²) in [6.45, 7) is 3.61. The number of carbonyl (C=O) groups is 2. The van der Waals surface area contributed by atoms with Crippen LogP contribution in [0.15, 0.2) is 62.9 Å². The number of hydrogen-bond acceptors (Lipinski definition) is 5. The number of benzene rings is 2. The van der Waals surface area contributed by atoms with Crippen LogP contribution in [0.2, 0.25) is 0 Å². The van der Waals surface area contributed by atoms with Crippen LogP contribution in [0.3, 0.4) is 0 Å². The molecule has 0 bridgehead atoms. The number of carbonyl (C=O) groups excluding carboxylic acids is 1. The van der Waals surface area contributed by atoms with Crippen LogP contribution in [-0.2, 0) is 4.79 Å². The molecule has 1 aromatic heterocycles. The van der Waals surface area contributed by atoms with Crippen molar-refractivity contribution in [3.05, 3.63) is 74.6 Å². The van der Waals surface area contributed by atoms with E-state index in [4.69, 9.17) is 5.11 Å². The van der Waals surface area contributed by atoms with Gasteiger partial charge in [0.15, 0.2) is 5.69 Å². The minimum absolute atomic E-state index is 0.0704. The molecule has 3 rings (SSSR count). The summed E-state index contributed by atoms with van der Waals surface area (Å²) in [4.78, 5) is 36.6. The van der Waals surface area contributed by atoms with Gasteiger partial charge in [-0.1, -0.05) is 46.3 Å². The zero-order valence-electron chi connectivity index (χ0n) is 17.0. The van der Waals surface area contributed by atoms with Crippen LogP contribution in [0.4, 0.5) is 0 Å². The average molecular weight is 485 g/mol. The highest BCUT2D eigenvalue weighted by molar-refractivity contribution is 9.10. The number of hydrazone groups is 1. The molecular weight excluding hydrogens is 464 g/mol. The van der Waals surface area contributed by atoms with Crippen LogP contribution in [0, 0.1) is 0 Å². The number of fused-ring (bicyclic) bond motifs is 1. The summed E-state index contributed by atoms with van der Waals surface area (Å²) in [5, 5.41) is 18.3. The highest BCUT2D eigenvalue weighted by Gasteiger charge is 2.18. The van der Waals surface area contributed by atoms with Gasteiger partial charge >= 0.3 is 5.97 Å². The molecule has 1 amide bonds. The van der Waals surface area contributed by atoms with E-state index in [1.54, 1.807) is 62.4 Å². The fourth-order valence-corrected chi connectivity index (χ4v) is 3.29. The Bertz CT molecular complexity index is 1220. The predicted octanol–water partition coefficient (Wildman–Crippen LogP) is 3.74. The number of carboxylic acids is 1. The molecule has 0 spiro atoms. The lowest BCUT2D eigenvalue weighted by Gasteiger charge is -2.13. The number of amides is 1. The van der Waals surface area contributed by atoms with E-state index < -0.39 is 11.9 Å². The highest BCUT2D eigenvalue weighted by atomic mass is 79.9. The summed E-state index contributed by atoms with van der Waals surface area (Å²) in [5.74, 6) is -1.55. The minimum Gasteiger partial charge on any atom is -0.481 e. The number of nitrogens with one attached hydrogen (secondary N) is 1. The molecular formula is C22H21BrN4O4. The number of aromatic nitrogens is 2. The number of nitrogens with zero attached hydrogens (tertiary/aromatic N) is 3. The summed E-state index contributed by atoms with van der Waals surface area (Å²) >= 11 is 3.36. The van der Waals surface area contributed by atoms with Crippen molar-refractivity contribution in [3.63, 3.8) is 0 Å². The summed E-state index contributed by atoms with van der Waals surface area (Å²) < 4.78 is 2.13. The van der Waals surface area contributed by atoms with Crippen LogP contribution in [0.25, 0.3) is 10.8 Å². The smallest absolute Gasteiger partial charge is 0.303 e. The third-order valence-corrected chi connectivity index (χ3v) is 5.11. The molecule has 3 aromatic rings. The van der Waals surface area contributed by atoms with Crippen molar-refractivity contribution in [3.8, 4) is 0 Å². The van der Waals surface area contributed by atoms with E-state index in [-0.39, 0.29) is 30.1 Å². The second kappa shape index (κ2) is 9.65. The van der Waals surface area contributed by atoms with Gasteiger partial charge in [0.1, 0.15) is 0 Å². The molecule has 160 valence electrons. The zero-order valence-corrected chi connectivity index (χ0v) is 18.6. The molecule has 2 aromatic carbocycles. The fraction of sp³-hybridized carbons (Fsp3) is 0.227. The van der Waals surface area contributed by atoms with Crippen molar-refractivity contribution in [2.24, 2.45) is 5.10 Å². The van der Waals surface area contributed by atoms with Gasteiger partial charge in [-0.05, 0) is 37.6 Å². The first kappa shape index (κ1) is 22.4. The predicted molar refractivity (Wildman–Crippen MR) is 121 cm³/mol. The van der Waals surface area contributed by atoms with Crippen LogP contribution < -0.4 is 11.0 Å². The molecule has 8 nitrogen and oxygen atoms in total. The van der Waals surface area contributed by atoms with Gasteiger partial charge in [0.05, 0.1) is 23.6 Å². The van der Waals surface area contributed by atoms with Crippen LogP contribution in [0.1, 0.15) is 48.8 Å². The van der Waals surface area contributed by atoms with Gasteiger partial charge in [0.25, 0.3) is 11.5 Å². The summed E-state index contributed by atoms with van der Waals surface area (Å²) in [6, 6.07) is 13.7. The normalized spacial score (nSPS) is 11.7. The highest BCUT2D eigenvalue weighted by Crippen LogP contribution is 2.16. The molecule has 0 fully saturated rings. The van der Waals surface area contributed by atoms with Crippen molar-refractivity contribution in [1.29, 1.82) is 0 Å². The molecule has 0 aliphatic carbocycles. The molecule has 0 saturated heterocycles. The van der Waals surface area contributed by atoms with Gasteiger partial charge in [-0.2, -0.15) is 10.2 Å². The molecule has 2 N–H and O–H groups in total. The maximum Gasteiger partial charge on any atom is 0.303 e. The minimum atomic E-state index is -0.965. The number of rotatable bonds is 7. The number of carboxylic acid groups (broad SMARTS) is 1. The number of hydrogen-bond donors (Lipinski definition) is 2. The molecule has 0 atom stereocenters. The van der Waals surface area contributed by atoms with E-state index in [1.807, 2.05) is 0 Å². The van der Waals surface area contributed by atoms with Crippen LogP contribution in [-0.4, -0.2) is 32.5 Å². The number of aliphatic carboxylic acids is 1. The quantitative estimate of drug-likeness (QED) is 0.391. The maximum absolute atomic E-state index is 13.0. The molecule has 9 heteroatoms. The zero-order chi connectivity index (χ0) is 22.5. The van der Waals surface area contributed by atoms with E-state index in [9.17, 15) is 14.4 Å². The van der Waals surface area contributed by atoms with Gasteiger partial charge in [-0.3, -0.25) is 14.4 Å². The van der Waals surface area contributed by atoms with E-state index in [2.05, 4.69) is 31.6 Å². The third kappa shape index (κ3) is 5.24. The second-order valence-electron chi connectivity index (χ2n) is 7.14. The SMILES string of the molecule is CC(C)n1nc(C(=O)N/N=C(\CCC(=O)O)c2ccc(Br)cc2)c2ccccc2c1=O. The Labute approximate surface area is 186 Å². The average Bonchev–Trinajstić information content (AvgIpc) is 2.74. The second-order valence-corrected chi connectivity index (χ2v) is 8.05. The fourth-order valence-electron chi connectivity index (χ4n) is 3.03. The summed E-state index contributed by atoms with van der Waals surface area (Å²) in [7, 11) is 0. The third-order valence-electron chi connectivity index (χ3n) is 4.58. The maximum atomic E-state index is 13.0. The van der Waals surface area contributed by atoms with E-state index >= 15 is 0 Å². The lowest BCUT2D eigenvalue weighted by Crippen LogP contribution is -2.30. The van der Waals surface area contributed by atoms with Gasteiger partial charge in [-0.15, -0.1) is 0 Å². The Morgan fingerprint density at radius 2 is 1.74 bits per heavy atom. The molecule has 0 radical (unpaired) electrons. The first-order valence-corrected chi connectivity index (χ1v) is 10.4. The van der Waals surface area contributed by atoms with Crippen molar-refractivity contribution in [1.82, 2.24) is 15.2 Å². The first-order valence-electron chi connectivity index (χ1n) is 9.64.